The lowest BCUT2D eigenvalue weighted by atomic mass is 9.94. The summed E-state index contributed by atoms with van der Waals surface area (Å²) in [6, 6.07) is 2.72. The Labute approximate surface area is 158 Å². The van der Waals surface area contributed by atoms with Crippen molar-refractivity contribution >= 4 is 21.6 Å². The Morgan fingerprint density at radius 3 is 2.77 bits per heavy atom. The molecule has 0 radical (unpaired) electrons. The van der Waals surface area contributed by atoms with E-state index in [9.17, 15) is 10.1 Å². The quantitative estimate of drug-likeness (QED) is 0.824. The van der Waals surface area contributed by atoms with Gasteiger partial charge in [-0.1, -0.05) is 19.3 Å². The van der Waals surface area contributed by atoms with Gasteiger partial charge in [-0.15, -0.1) is 11.3 Å². The highest BCUT2D eigenvalue weighted by molar-refractivity contribution is 7.18. The number of hydrogen-bond donors (Lipinski definition) is 0. The van der Waals surface area contributed by atoms with Crippen LogP contribution >= 0.6 is 11.3 Å². The molecule has 0 N–H and O–H groups in total. The van der Waals surface area contributed by atoms with Crippen LogP contribution in [0.1, 0.15) is 61.2 Å². The van der Waals surface area contributed by atoms with Crippen LogP contribution in [0.3, 0.4) is 0 Å². The van der Waals surface area contributed by atoms with Crippen LogP contribution in [0.5, 0.6) is 0 Å². The monoisotopic (exact) mass is 370 g/mol. The van der Waals surface area contributed by atoms with Crippen LogP contribution in [-0.4, -0.2) is 27.5 Å². The maximum Gasteiger partial charge on any atom is 0.263 e. The van der Waals surface area contributed by atoms with Gasteiger partial charge >= 0.3 is 0 Å². The number of nitriles is 1. The number of fused-ring (bicyclic) bond motifs is 3. The minimum atomic E-state index is -0.0111. The highest BCUT2D eigenvalue weighted by Crippen LogP contribution is 2.34. The number of aromatic nitrogens is 2. The fourth-order valence-corrected chi connectivity index (χ4v) is 5.78. The summed E-state index contributed by atoms with van der Waals surface area (Å²) in [7, 11) is 2.13. The third-order valence-electron chi connectivity index (χ3n) is 5.97. The van der Waals surface area contributed by atoms with Crippen molar-refractivity contribution in [1.82, 2.24) is 14.5 Å². The summed E-state index contributed by atoms with van der Waals surface area (Å²) in [5.41, 5.74) is 1.19. The lowest BCUT2D eigenvalue weighted by Gasteiger charge is -2.31. The molecule has 0 aliphatic heterocycles. The van der Waals surface area contributed by atoms with E-state index < -0.39 is 0 Å². The first-order valence-electron chi connectivity index (χ1n) is 9.80. The second-order valence-electron chi connectivity index (χ2n) is 7.68. The first kappa shape index (κ1) is 17.7. The highest BCUT2D eigenvalue weighted by atomic mass is 32.1. The topological polar surface area (TPSA) is 61.9 Å². The maximum atomic E-state index is 13.2. The number of nitrogens with zero attached hydrogens (tertiary/aromatic N) is 4. The Kier molecular flexibility index (Phi) is 5.10. The average Bonchev–Trinajstić information content (AvgIpc) is 3.04. The normalized spacial score (nSPS) is 18.2. The van der Waals surface area contributed by atoms with Gasteiger partial charge in [0.25, 0.3) is 5.56 Å². The fraction of sp³-hybridized carbons (Fsp3) is 0.650. The molecule has 2 aliphatic carbocycles. The van der Waals surface area contributed by atoms with Gasteiger partial charge in [0.15, 0.2) is 0 Å². The Morgan fingerprint density at radius 2 is 2.00 bits per heavy atom. The van der Waals surface area contributed by atoms with E-state index in [0.29, 0.717) is 12.6 Å². The molecule has 6 heteroatoms. The van der Waals surface area contributed by atoms with Crippen LogP contribution in [-0.2, 0) is 25.9 Å². The van der Waals surface area contributed by atoms with Crippen LogP contribution in [0.2, 0.25) is 0 Å². The zero-order valence-electron chi connectivity index (χ0n) is 15.5. The van der Waals surface area contributed by atoms with Crippen molar-refractivity contribution in [3.63, 3.8) is 0 Å². The molecule has 2 aromatic rings. The largest absolute Gasteiger partial charge is 0.296 e. The maximum absolute atomic E-state index is 13.2. The van der Waals surface area contributed by atoms with E-state index in [4.69, 9.17) is 4.98 Å². The zero-order chi connectivity index (χ0) is 18.1. The first-order chi connectivity index (χ1) is 12.7. The second kappa shape index (κ2) is 7.50. The van der Waals surface area contributed by atoms with Gasteiger partial charge in [-0.3, -0.25) is 14.3 Å². The lowest BCUT2D eigenvalue weighted by Crippen LogP contribution is -2.36. The number of hydrogen-bond acceptors (Lipinski definition) is 5. The Morgan fingerprint density at radius 1 is 1.23 bits per heavy atom. The molecule has 0 aromatic carbocycles. The number of rotatable bonds is 4. The van der Waals surface area contributed by atoms with E-state index in [2.05, 4.69) is 18.0 Å². The van der Waals surface area contributed by atoms with E-state index in [-0.39, 0.29) is 12.1 Å². The van der Waals surface area contributed by atoms with Crippen LogP contribution in [0.25, 0.3) is 10.2 Å². The molecule has 26 heavy (non-hydrogen) atoms. The first-order valence-corrected chi connectivity index (χ1v) is 10.6. The molecule has 0 atom stereocenters. The summed E-state index contributed by atoms with van der Waals surface area (Å²) >= 11 is 1.69. The predicted molar refractivity (Wildman–Crippen MR) is 104 cm³/mol. The van der Waals surface area contributed by atoms with E-state index in [0.717, 1.165) is 35.3 Å². The van der Waals surface area contributed by atoms with E-state index in [1.54, 1.807) is 15.9 Å². The van der Waals surface area contributed by atoms with Gasteiger partial charge in [0.2, 0.25) is 0 Å². The molecule has 4 rings (SSSR count). The van der Waals surface area contributed by atoms with Gasteiger partial charge < -0.3 is 0 Å². The standard InChI is InChI=1S/C20H26N4OS/c1-23(14-7-3-2-4-8-14)13-17-22-19-18(20(25)24(17)12-11-21)15-9-5-6-10-16(15)26-19/h14H,2-10,12-13H2,1H3. The van der Waals surface area contributed by atoms with Gasteiger partial charge in [-0.2, -0.15) is 5.26 Å². The molecule has 0 saturated heterocycles. The summed E-state index contributed by atoms with van der Waals surface area (Å²) in [4.78, 5) is 22.6. The summed E-state index contributed by atoms with van der Waals surface area (Å²) in [6.45, 7) is 0.723. The van der Waals surface area contributed by atoms with Crippen molar-refractivity contribution in [1.29, 1.82) is 5.26 Å². The van der Waals surface area contributed by atoms with E-state index in [1.807, 2.05) is 0 Å². The molecule has 2 aromatic heterocycles. The molecule has 0 amide bonds. The van der Waals surface area contributed by atoms with Crippen LogP contribution in [0, 0.1) is 11.3 Å². The van der Waals surface area contributed by atoms with Crippen molar-refractivity contribution in [2.45, 2.75) is 76.9 Å². The summed E-state index contributed by atoms with van der Waals surface area (Å²) < 4.78 is 1.61. The summed E-state index contributed by atoms with van der Waals surface area (Å²) in [5, 5.41) is 10.0. The second-order valence-corrected chi connectivity index (χ2v) is 8.76. The van der Waals surface area contributed by atoms with Crippen LogP contribution < -0.4 is 5.56 Å². The van der Waals surface area contributed by atoms with Gasteiger partial charge in [0.1, 0.15) is 17.2 Å². The van der Waals surface area contributed by atoms with Gasteiger partial charge in [-0.25, -0.2) is 4.98 Å². The Bertz CT molecular complexity index is 901. The van der Waals surface area contributed by atoms with Gasteiger partial charge in [0.05, 0.1) is 18.0 Å². The van der Waals surface area contributed by atoms with Crippen molar-refractivity contribution in [2.24, 2.45) is 0 Å². The van der Waals surface area contributed by atoms with Crippen molar-refractivity contribution < 1.29 is 0 Å². The van der Waals surface area contributed by atoms with Crippen molar-refractivity contribution in [2.75, 3.05) is 7.05 Å². The number of aryl methyl sites for hydroxylation is 2. The van der Waals surface area contributed by atoms with Gasteiger partial charge in [-0.05, 0) is 51.1 Å². The molecule has 0 bridgehead atoms. The lowest BCUT2D eigenvalue weighted by molar-refractivity contribution is 0.178. The average molecular weight is 371 g/mol. The van der Waals surface area contributed by atoms with Crippen LogP contribution in [0.4, 0.5) is 0 Å². The molecular formula is C20H26N4OS. The van der Waals surface area contributed by atoms with Crippen LogP contribution in [0.15, 0.2) is 4.79 Å². The Hall–Kier alpha value is -1.71. The number of thiophene rings is 1. The molecular weight excluding hydrogens is 344 g/mol. The minimum absolute atomic E-state index is 0.0111. The van der Waals surface area contributed by atoms with E-state index >= 15 is 0 Å². The summed E-state index contributed by atoms with van der Waals surface area (Å²) in [6.07, 6.45) is 10.7. The van der Waals surface area contributed by atoms with E-state index in [1.165, 1.54) is 49.0 Å². The summed E-state index contributed by atoms with van der Waals surface area (Å²) in [5.74, 6) is 0.746. The molecule has 1 fully saturated rings. The molecule has 5 nitrogen and oxygen atoms in total. The predicted octanol–water partition coefficient (Wildman–Crippen LogP) is 3.62. The molecule has 138 valence electrons. The van der Waals surface area contributed by atoms with Crippen molar-refractivity contribution in [3.8, 4) is 6.07 Å². The van der Waals surface area contributed by atoms with Crippen molar-refractivity contribution in [3.05, 3.63) is 26.6 Å². The third-order valence-corrected chi connectivity index (χ3v) is 7.16. The fourth-order valence-electron chi connectivity index (χ4n) is 4.51. The molecule has 2 aliphatic rings. The highest BCUT2D eigenvalue weighted by Gasteiger charge is 2.24. The minimum Gasteiger partial charge on any atom is -0.296 e. The molecule has 0 unspecified atom stereocenters. The van der Waals surface area contributed by atoms with Gasteiger partial charge in [0, 0.05) is 10.9 Å². The zero-order valence-corrected chi connectivity index (χ0v) is 16.3. The molecule has 0 spiro atoms. The molecule has 1 saturated carbocycles. The Balaban J connectivity index is 1.74. The third kappa shape index (κ3) is 3.19. The molecule has 2 heterocycles. The smallest absolute Gasteiger partial charge is 0.263 e. The SMILES string of the molecule is CN(Cc1nc2sc3c(c2c(=O)n1CC#N)CCCC3)C1CCCCC1.